The van der Waals surface area contributed by atoms with E-state index in [0.717, 1.165) is 0 Å². The van der Waals surface area contributed by atoms with E-state index >= 15 is 0 Å². The molecule has 0 atom stereocenters. The highest BCUT2D eigenvalue weighted by atomic mass is 16.1. The predicted molar refractivity (Wildman–Crippen MR) is 47.5 cm³/mol. The van der Waals surface area contributed by atoms with Crippen molar-refractivity contribution in [2.75, 3.05) is 0 Å². The van der Waals surface area contributed by atoms with E-state index in [0.29, 0.717) is 16.8 Å². The van der Waals surface area contributed by atoms with Crippen molar-refractivity contribution in [1.82, 2.24) is 4.98 Å². The van der Waals surface area contributed by atoms with Gasteiger partial charge in [0.05, 0.1) is 11.3 Å². The molecule has 4 heteroatoms. The Labute approximate surface area is 75.8 Å². The van der Waals surface area contributed by atoms with Gasteiger partial charge in [-0.15, -0.1) is 0 Å². The van der Waals surface area contributed by atoms with Crippen LogP contribution in [0.15, 0.2) is 12.3 Å². The zero-order valence-electron chi connectivity index (χ0n) is 7.50. The normalized spacial score (nSPS) is 9.69. The molecule has 2 N–H and O–H groups in total. The minimum atomic E-state index is -0.562. The lowest BCUT2D eigenvalue weighted by Gasteiger charge is -2.01. The number of carbonyl (C=O) groups excluding carboxylic acids is 2. The Kier molecular flexibility index (Phi) is 2.41. The number of pyridine rings is 1. The van der Waals surface area contributed by atoms with Crippen LogP contribution in [-0.4, -0.2) is 16.7 Å². The first-order valence-corrected chi connectivity index (χ1v) is 3.79. The van der Waals surface area contributed by atoms with E-state index in [1.165, 1.54) is 19.2 Å². The predicted octanol–water partition coefficient (Wildman–Crippen LogP) is 0.692. The molecule has 1 aromatic heterocycles. The largest absolute Gasteiger partial charge is 0.366 e. The molecule has 0 saturated carbocycles. The lowest BCUT2D eigenvalue weighted by molar-refractivity contribution is 0.0999. The van der Waals surface area contributed by atoms with E-state index < -0.39 is 5.91 Å². The van der Waals surface area contributed by atoms with E-state index in [1.807, 2.05) is 0 Å². The molecule has 0 aliphatic heterocycles. The third kappa shape index (κ3) is 1.90. The molecule has 1 rings (SSSR count). The summed E-state index contributed by atoms with van der Waals surface area (Å²) in [4.78, 5) is 25.7. The maximum atomic E-state index is 10.9. The molecule has 1 heterocycles. The number of primary amides is 1. The van der Waals surface area contributed by atoms with Gasteiger partial charge in [-0.25, -0.2) is 0 Å². The highest BCUT2D eigenvalue weighted by Gasteiger charge is 2.08. The Morgan fingerprint density at radius 1 is 1.46 bits per heavy atom. The molecule has 0 spiro atoms. The average molecular weight is 178 g/mol. The van der Waals surface area contributed by atoms with E-state index in [9.17, 15) is 9.59 Å². The van der Waals surface area contributed by atoms with Crippen LogP contribution in [0.25, 0.3) is 0 Å². The molecule has 0 radical (unpaired) electrons. The lowest BCUT2D eigenvalue weighted by Crippen LogP contribution is -2.14. The summed E-state index contributed by atoms with van der Waals surface area (Å²) in [5, 5.41) is 0. The van der Waals surface area contributed by atoms with E-state index in [2.05, 4.69) is 4.98 Å². The molecule has 4 nitrogen and oxygen atoms in total. The van der Waals surface area contributed by atoms with Gasteiger partial charge in [0.25, 0.3) is 5.91 Å². The van der Waals surface area contributed by atoms with Crippen molar-refractivity contribution < 1.29 is 9.59 Å². The standard InChI is InChI=1S/C9H10N2O2/c1-5-8(9(10)13)3-7(4-11-5)6(2)12/h3-4H,1-2H3,(H2,10,13). The highest BCUT2D eigenvalue weighted by Crippen LogP contribution is 2.07. The van der Waals surface area contributed by atoms with Crippen LogP contribution in [0.4, 0.5) is 0 Å². The number of amides is 1. The number of rotatable bonds is 2. The molecule has 0 aliphatic rings. The summed E-state index contributed by atoms with van der Waals surface area (Å²) in [7, 11) is 0. The van der Waals surface area contributed by atoms with Gasteiger partial charge in [0.15, 0.2) is 5.78 Å². The van der Waals surface area contributed by atoms with Gasteiger partial charge >= 0.3 is 0 Å². The molecule has 0 saturated heterocycles. The number of carbonyl (C=O) groups is 2. The van der Waals surface area contributed by atoms with Crippen LogP contribution >= 0.6 is 0 Å². The number of Topliss-reactive ketones (excluding diaryl/α,β-unsaturated/α-hetero) is 1. The topological polar surface area (TPSA) is 73.1 Å². The van der Waals surface area contributed by atoms with Crippen LogP contribution in [0.2, 0.25) is 0 Å². The summed E-state index contributed by atoms with van der Waals surface area (Å²) >= 11 is 0. The van der Waals surface area contributed by atoms with Crippen molar-refractivity contribution in [1.29, 1.82) is 0 Å². The molecule has 68 valence electrons. The van der Waals surface area contributed by atoms with Crippen molar-refractivity contribution in [3.8, 4) is 0 Å². The number of hydrogen-bond donors (Lipinski definition) is 1. The molecule has 13 heavy (non-hydrogen) atoms. The fourth-order valence-electron chi connectivity index (χ4n) is 0.975. The molecule has 0 aliphatic carbocycles. The fourth-order valence-corrected chi connectivity index (χ4v) is 0.975. The van der Waals surface area contributed by atoms with Crippen LogP contribution in [-0.2, 0) is 0 Å². The summed E-state index contributed by atoms with van der Waals surface area (Å²) in [5.41, 5.74) is 6.33. The van der Waals surface area contributed by atoms with Gasteiger partial charge in [0, 0.05) is 11.8 Å². The molecule has 1 amide bonds. The SMILES string of the molecule is CC(=O)c1cnc(C)c(C(N)=O)c1. The first kappa shape index (κ1) is 9.38. The summed E-state index contributed by atoms with van der Waals surface area (Å²) in [5.74, 6) is -0.692. The van der Waals surface area contributed by atoms with Gasteiger partial charge in [0.1, 0.15) is 0 Å². The molecule has 0 bridgehead atoms. The smallest absolute Gasteiger partial charge is 0.250 e. The Morgan fingerprint density at radius 3 is 2.54 bits per heavy atom. The first-order chi connectivity index (χ1) is 6.02. The number of nitrogens with zero attached hydrogens (tertiary/aromatic N) is 1. The maximum absolute atomic E-state index is 10.9. The Bertz CT molecular complexity index is 372. The second-order valence-electron chi connectivity index (χ2n) is 2.78. The molecule has 0 fully saturated rings. The Hall–Kier alpha value is -1.71. The van der Waals surface area contributed by atoms with Crippen LogP contribution < -0.4 is 5.73 Å². The van der Waals surface area contributed by atoms with Crippen LogP contribution in [0.5, 0.6) is 0 Å². The first-order valence-electron chi connectivity index (χ1n) is 3.79. The van der Waals surface area contributed by atoms with Crippen molar-refractivity contribution in [3.63, 3.8) is 0 Å². The van der Waals surface area contributed by atoms with Gasteiger partial charge in [-0.05, 0) is 19.9 Å². The van der Waals surface area contributed by atoms with E-state index in [4.69, 9.17) is 5.73 Å². The van der Waals surface area contributed by atoms with Crippen molar-refractivity contribution in [3.05, 3.63) is 29.1 Å². The minimum absolute atomic E-state index is 0.130. The van der Waals surface area contributed by atoms with Crippen molar-refractivity contribution in [2.45, 2.75) is 13.8 Å². The molecule has 1 aromatic rings. The summed E-state index contributed by atoms with van der Waals surface area (Å²) in [6.45, 7) is 3.08. The van der Waals surface area contributed by atoms with Gasteiger partial charge in [-0.2, -0.15) is 0 Å². The molecular formula is C9H10N2O2. The quantitative estimate of drug-likeness (QED) is 0.677. The van der Waals surface area contributed by atoms with Crippen molar-refractivity contribution in [2.24, 2.45) is 5.73 Å². The van der Waals surface area contributed by atoms with Gasteiger partial charge < -0.3 is 5.73 Å². The number of nitrogens with two attached hydrogens (primary N) is 1. The third-order valence-electron chi connectivity index (χ3n) is 1.76. The van der Waals surface area contributed by atoms with E-state index in [-0.39, 0.29) is 5.78 Å². The Balaban J connectivity index is 3.27. The monoisotopic (exact) mass is 178 g/mol. The number of hydrogen-bond acceptors (Lipinski definition) is 3. The lowest BCUT2D eigenvalue weighted by atomic mass is 10.1. The second kappa shape index (κ2) is 3.35. The van der Waals surface area contributed by atoms with Gasteiger partial charge in [-0.3, -0.25) is 14.6 Å². The maximum Gasteiger partial charge on any atom is 0.250 e. The summed E-state index contributed by atoms with van der Waals surface area (Å²) < 4.78 is 0. The molecule has 0 unspecified atom stereocenters. The molecular weight excluding hydrogens is 168 g/mol. The number of aromatic nitrogens is 1. The average Bonchev–Trinajstić information content (AvgIpc) is 2.04. The number of aryl methyl sites for hydroxylation is 1. The zero-order chi connectivity index (χ0) is 10.0. The van der Waals surface area contributed by atoms with Crippen LogP contribution in [0, 0.1) is 6.92 Å². The summed E-state index contributed by atoms with van der Waals surface area (Å²) in [6, 6.07) is 1.47. The highest BCUT2D eigenvalue weighted by molar-refractivity contribution is 5.99. The van der Waals surface area contributed by atoms with Gasteiger partial charge in [0.2, 0.25) is 0 Å². The third-order valence-corrected chi connectivity index (χ3v) is 1.76. The van der Waals surface area contributed by atoms with Crippen molar-refractivity contribution >= 4 is 11.7 Å². The second-order valence-corrected chi connectivity index (χ2v) is 2.78. The minimum Gasteiger partial charge on any atom is -0.366 e. The van der Waals surface area contributed by atoms with Crippen LogP contribution in [0.1, 0.15) is 33.3 Å². The number of ketones is 1. The Morgan fingerprint density at radius 2 is 2.08 bits per heavy atom. The van der Waals surface area contributed by atoms with Crippen LogP contribution in [0.3, 0.4) is 0 Å². The summed E-state index contributed by atoms with van der Waals surface area (Å²) in [6.07, 6.45) is 1.43. The molecule has 0 aromatic carbocycles. The fraction of sp³-hybridized carbons (Fsp3) is 0.222. The van der Waals surface area contributed by atoms with Gasteiger partial charge in [-0.1, -0.05) is 0 Å². The zero-order valence-corrected chi connectivity index (χ0v) is 7.50. The van der Waals surface area contributed by atoms with E-state index in [1.54, 1.807) is 6.92 Å².